The average molecular weight is 526 g/mol. The molecule has 0 radical (unpaired) electrons. The van der Waals surface area contributed by atoms with E-state index in [2.05, 4.69) is 0 Å². The molecule has 34 heavy (non-hydrogen) atoms. The van der Waals surface area contributed by atoms with E-state index in [0.29, 0.717) is 10.8 Å². The molecule has 0 fully saturated rings. The Bertz CT molecular complexity index is 1850. The van der Waals surface area contributed by atoms with Crippen LogP contribution in [0.3, 0.4) is 0 Å². The number of nitrogens with two attached hydrogens (primary N) is 1. The van der Waals surface area contributed by atoms with Crippen LogP contribution in [-0.4, -0.2) is 44.0 Å². The van der Waals surface area contributed by atoms with Crippen molar-refractivity contribution in [3.63, 3.8) is 0 Å². The second kappa shape index (κ2) is 7.63. The van der Waals surface area contributed by atoms with Crippen LogP contribution in [0.15, 0.2) is 69.3 Å². The summed E-state index contributed by atoms with van der Waals surface area (Å²) in [6.07, 6.45) is 0. The van der Waals surface area contributed by atoms with Gasteiger partial charge in [-0.05, 0) is 52.1 Å². The van der Waals surface area contributed by atoms with Crippen LogP contribution >= 0.6 is 0 Å². The molecular weight excluding hydrogens is 510 g/mol. The number of rotatable bonds is 4. The van der Waals surface area contributed by atoms with Crippen molar-refractivity contribution in [2.24, 2.45) is 0 Å². The third-order valence-corrected chi connectivity index (χ3v) is 7.73. The quantitative estimate of drug-likeness (QED) is 0.193. The molecule has 0 saturated heterocycles. The molecule has 6 N–H and O–H groups in total. The predicted octanol–water partition coefficient (Wildman–Crippen LogP) is 2.69. The van der Waals surface area contributed by atoms with Crippen molar-refractivity contribution in [1.29, 1.82) is 0 Å². The molecule has 4 rings (SSSR count). The standard InChI is InChI=1S/C20H15NO10S3/c21-20-18-13(7-15(9-16(18)22)33(26,27)28)8-17(34(29,30)31)19(20)12-2-1-11-6-14(32(23,24)25)4-3-10(11)5-12/h1-9,22H,21H2,(H,23,24,25)(H,26,27,28)(H,29,30,31). The Morgan fingerprint density at radius 1 is 0.618 bits per heavy atom. The second-order valence-corrected chi connectivity index (χ2v) is 11.6. The summed E-state index contributed by atoms with van der Waals surface area (Å²) in [5.74, 6) is -0.663. The van der Waals surface area contributed by atoms with Gasteiger partial charge in [-0.2, -0.15) is 25.3 Å². The minimum Gasteiger partial charge on any atom is -0.507 e. The molecule has 0 aliphatic heterocycles. The molecule has 0 unspecified atom stereocenters. The van der Waals surface area contributed by atoms with Crippen LogP contribution in [0.4, 0.5) is 5.69 Å². The van der Waals surface area contributed by atoms with E-state index in [0.717, 1.165) is 24.3 Å². The van der Waals surface area contributed by atoms with Crippen LogP contribution in [0.25, 0.3) is 32.7 Å². The van der Waals surface area contributed by atoms with Crippen molar-refractivity contribution in [3.8, 4) is 16.9 Å². The van der Waals surface area contributed by atoms with Crippen LogP contribution in [0.5, 0.6) is 5.75 Å². The SMILES string of the molecule is Nc1c(-c2ccc3cc(S(=O)(=O)O)ccc3c2)c(S(=O)(=O)O)cc2cc(S(=O)(=O)O)cc(O)c12. The zero-order valence-corrected chi connectivity index (χ0v) is 19.2. The van der Waals surface area contributed by atoms with E-state index in [9.17, 15) is 44.0 Å². The summed E-state index contributed by atoms with van der Waals surface area (Å²) in [5, 5.41) is 10.9. The fourth-order valence-electron chi connectivity index (χ4n) is 3.69. The molecule has 4 aromatic rings. The minimum absolute atomic E-state index is 0.128. The zero-order valence-electron chi connectivity index (χ0n) is 16.7. The summed E-state index contributed by atoms with van der Waals surface area (Å²) in [5.41, 5.74) is 5.83. The van der Waals surface area contributed by atoms with E-state index in [-0.39, 0.29) is 32.5 Å². The maximum atomic E-state index is 12.2. The molecule has 0 saturated carbocycles. The van der Waals surface area contributed by atoms with Gasteiger partial charge >= 0.3 is 0 Å². The summed E-state index contributed by atoms with van der Waals surface area (Å²) < 4.78 is 98.4. The Morgan fingerprint density at radius 3 is 1.76 bits per heavy atom. The van der Waals surface area contributed by atoms with E-state index in [1.165, 1.54) is 30.3 Å². The van der Waals surface area contributed by atoms with Crippen molar-refractivity contribution < 1.29 is 44.0 Å². The summed E-state index contributed by atoms with van der Waals surface area (Å²) in [7, 11) is -14.1. The lowest BCUT2D eigenvalue weighted by molar-refractivity contribution is 0.471. The molecule has 0 aliphatic carbocycles. The normalized spacial score (nSPS) is 12.9. The lowest BCUT2D eigenvalue weighted by Crippen LogP contribution is -2.06. The number of anilines is 1. The fraction of sp³-hybridized carbons (Fsp3) is 0. The van der Waals surface area contributed by atoms with Crippen LogP contribution in [-0.2, 0) is 30.4 Å². The largest absolute Gasteiger partial charge is 0.507 e. The molecule has 178 valence electrons. The molecule has 0 atom stereocenters. The lowest BCUT2D eigenvalue weighted by atomic mass is 9.96. The van der Waals surface area contributed by atoms with Crippen molar-refractivity contribution in [3.05, 3.63) is 54.6 Å². The van der Waals surface area contributed by atoms with Crippen molar-refractivity contribution in [2.45, 2.75) is 14.7 Å². The van der Waals surface area contributed by atoms with E-state index >= 15 is 0 Å². The monoisotopic (exact) mass is 525 g/mol. The Labute approximate surface area is 193 Å². The first kappa shape index (κ1) is 23.9. The second-order valence-electron chi connectivity index (χ2n) is 7.35. The number of nitrogen functional groups attached to an aromatic ring is 1. The minimum atomic E-state index is -4.92. The summed E-state index contributed by atoms with van der Waals surface area (Å²) in [4.78, 5) is -1.76. The Kier molecular flexibility index (Phi) is 5.35. The first-order chi connectivity index (χ1) is 15.6. The topological polar surface area (TPSA) is 209 Å². The van der Waals surface area contributed by atoms with Crippen LogP contribution in [0, 0.1) is 0 Å². The maximum absolute atomic E-state index is 12.2. The highest BCUT2D eigenvalue weighted by molar-refractivity contribution is 7.86. The van der Waals surface area contributed by atoms with Crippen molar-refractivity contribution >= 4 is 57.6 Å². The predicted molar refractivity (Wildman–Crippen MR) is 122 cm³/mol. The van der Waals surface area contributed by atoms with E-state index in [1.807, 2.05) is 0 Å². The van der Waals surface area contributed by atoms with Gasteiger partial charge in [0, 0.05) is 17.0 Å². The van der Waals surface area contributed by atoms with Gasteiger partial charge in [0.15, 0.2) is 0 Å². The van der Waals surface area contributed by atoms with Gasteiger partial charge in [-0.25, -0.2) is 0 Å². The molecule has 4 aromatic carbocycles. The van der Waals surface area contributed by atoms with Gasteiger partial charge in [0.05, 0.1) is 15.5 Å². The summed E-state index contributed by atoms with van der Waals surface area (Å²) in [6, 6.07) is 10.5. The smallest absolute Gasteiger partial charge is 0.295 e. The number of hydrogen-bond donors (Lipinski definition) is 5. The molecule has 0 bridgehead atoms. The first-order valence-electron chi connectivity index (χ1n) is 9.13. The molecule has 0 spiro atoms. The number of hydrogen-bond acceptors (Lipinski definition) is 8. The fourth-order valence-corrected chi connectivity index (χ4v) is 5.50. The van der Waals surface area contributed by atoms with E-state index in [4.69, 9.17) is 5.73 Å². The van der Waals surface area contributed by atoms with Gasteiger partial charge in [-0.3, -0.25) is 13.7 Å². The highest BCUT2D eigenvalue weighted by atomic mass is 32.2. The van der Waals surface area contributed by atoms with Gasteiger partial charge in [0.25, 0.3) is 30.4 Å². The number of phenols is 1. The summed E-state index contributed by atoms with van der Waals surface area (Å²) >= 11 is 0. The van der Waals surface area contributed by atoms with E-state index < -0.39 is 45.9 Å². The molecule has 0 heterocycles. The van der Waals surface area contributed by atoms with Crippen LogP contribution < -0.4 is 5.73 Å². The van der Waals surface area contributed by atoms with Gasteiger partial charge in [0.2, 0.25) is 0 Å². The maximum Gasteiger partial charge on any atom is 0.295 e. The Balaban J connectivity index is 2.07. The number of benzene rings is 4. The first-order valence-corrected chi connectivity index (χ1v) is 13.5. The van der Waals surface area contributed by atoms with Crippen LogP contribution in [0.2, 0.25) is 0 Å². The van der Waals surface area contributed by atoms with Gasteiger partial charge < -0.3 is 10.8 Å². The number of aromatic hydroxyl groups is 1. The number of phenolic OH excluding ortho intramolecular Hbond substituents is 1. The molecule has 0 aliphatic rings. The number of fused-ring (bicyclic) bond motifs is 2. The van der Waals surface area contributed by atoms with Gasteiger partial charge in [0.1, 0.15) is 10.6 Å². The molecular formula is C20H15NO10S3. The highest BCUT2D eigenvalue weighted by Gasteiger charge is 2.25. The molecule has 0 amide bonds. The molecule has 14 heteroatoms. The third kappa shape index (κ3) is 4.18. The third-order valence-electron chi connectivity index (χ3n) is 5.17. The molecule has 11 nitrogen and oxygen atoms in total. The Morgan fingerprint density at radius 2 is 1.18 bits per heavy atom. The highest BCUT2D eigenvalue weighted by Crippen LogP contribution is 2.43. The van der Waals surface area contributed by atoms with E-state index in [1.54, 1.807) is 0 Å². The lowest BCUT2D eigenvalue weighted by Gasteiger charge is -2.16. The Hall–Kier alpha value is -3.27. The van der Waals surface area contributed by atoms with Crippen molar-refractivity contribution in [1.82, 2.24) is 0 Å². The zero-order chi connectivity index (χ0) is 25.2. The van der Waals surface area contributed by atoms with Crippen molar-refractivity contribution in [2.75, 3.05) is 5.73 Å². The van der Waals surface area contributed by atoms with Gasteiger partial charge in [-0.1, -0.05) is 18.2 Å². The van der Waals surface area contributed by atoms with Gasteiger partial charge in [-0.15, -0.1) is 0 Å². The van der Waals surface area contributed by atoms with Crippen LogP contribution in [0.1, 0.15) is 0 Å². The molecule has 0 aromatic heterocycles. The summed E-state index contributed by atoms with van der Waals surface area (Å²) in [6.45, 7) is 0. The average Bonchev–Trinajstić information content (AvgIpc) is 2.70.